The van der Waals surface area contributed by atoms with Gasteiger partial charge >= 0.3 is 0 Å². The topological polar surface area (TPSA) is 64.1 Å². The van der Waals surface area contributed by atoms with Crippen molar-refractivity contribution in [3.8, 4) is 11.4 Å². The van der Waals surface area contributed by atoms with Crippen LogP contribution < -0.4 is 5.73 Å². The Balaban J connectivity index is 2.68. The number of phenols is 1. The molecule has 0 saturated heterocycles. The molecule has 0 radical (unpaired) electrons. The number of anilines is 1. The van der Waals surface area contributed by atoms with Gasteiger partial charge in [0.1, 0.15) is 11.4 Å². The zero-order valence-corrected chi connectivity index (χ0v) is 8.73. The second-order valence-electron chi connectivity index (χ2n) is 3.55. The molecule has 0 aliphatic heterocycles. The molecule has 1 aromatic carbocycles. The van der Waals surface area contributed by atoms with E-state index in [2.05, 4.69) is 5.10 Å². The average molecular weight is 203 g/mol. The van der Waals surface area contributed by atoms with E-state index in [0.717, 1.165) is 11.4 Å². The van der Waals surface area contributed by atoms with E-state index in [-0.39, 0.29) is 5.75 Å². The van der Waals surface area contributed by atoms with Gasteiger partial charge in [-0.15, -0.1) is 0 Å². The van der Waals surface area contributed by atoms with Crippen LogP contribution in [0.15, 0.2) is 24.3 Å². The number of nitrogens with zero attached hydrogens (tertiary/aromatic N) is 2. The number of para-hydroxylation sites is 1. The van der Waals surface area contributed by atoms with E-state index in [1.54, 1.807) is 22.9 Å². The minimum absolute atomic E-state index is 0.140. The SMILES string of the molecule is Cc1cc(C)n(-c2c(N)cccc2O)n1. The van der Waals surface area contributed by atoms with Crippen molar-refractivity contribution in [1.29, 1.82) is 0 Å². The Hall–Kier alpha value is -1.97. The molecule has 0 fully saturated rings. The van der Waals surface area contributed by atoms with Gasteiger partial charge < -0.3 is 10.8 Å². The molecule has 15 heavy (non-hydrogen) atoms. The molecule has 0 atom stereocenters. The van der Waals surface area contributed by atoms with Crippen LogP contribution in [-0.4, -0.2) is 14.9 Å². The Kier molecular flexibility index (Phi) is 2.11. The van der Waals surface area contributed by atoms with Crippen LogP contribution in [0.2, 0.25) is 0 Å². The number of nitrogen functional groups attached to an aromatic ring is 1. The summed E-state index contributed by atoms with van der Waals surface area (Å²) in [5.74, 6) is 0.140. The molecule has 2 aromatic rings. The maximum Gasteiger partial charge on any atom is 0.143 e. The number of benzene rings is 1. The van der Waals surface area contributed by atoms with Crippen LogP contribution in [0.25, 0.3) is 5.69 Å². The zero-order valence-electron chi connectivity index (χ0n) is 8.73. The van der Waals surface area contributed by atoms with Crippen molar-refractivity contribution in [3.05, 3.63) is 35.7 Å². The monoisotopic (exact) mass is 203 g/mol. The molecule has 3 N–H and O–H groups in total. The number of rotatable bonds is 1. The fourth-order valence-electron chi connectivity index (χ4n) is 1.63. The highest BCUT2D eigenvalue weighted by Gasteiger charge is 2.11. The number of aromatic hydroxyl groups is 1. The highest BCUT2D eigenvalue weighted by Crippen LogP contribution is 2.28. The van der Waals surface area contributed by atoms with Crippen LogP contribution >= 0.6 is 0 Å². The maximum absolute atomic E-state index is 9.74. The van der Waals surface area contributed by atoms with E-state index < -0.39 is 0 Å². The first-order valence-electron chi connectivity index (χ1n) is 4.70. The third-order valence-electron chi connectivity index (χ3n) is 2.27. The molecule has 0 aliphatic carbocycles. The highest BCUT2D eigenvalue weighted by molar-refractivity contribution is 5.64. The van der Waals surface area contributed by atoms with Crippen LogP contribution in [-0.2, 0) is 0 Å². The molecule has 0 unspecified atom stereocenters. The quantitative estimate of drug-likeness (QED) is 0.694. The van der Waals surface area contributed by atoms with E-state index in [1.165, 1.54) is 0 Å². The van der Waals surface area contributed by atoms with Crippen LogP contribution in [0.1, 0.15) is 11.4 Å². The summed E-state index contributed by atoms with van der Waals surface area (Å²) >= 11 is 0. The summed E-state index contributed by atoms with van der Waals surface area (Å²) in [5.41, 5.74) is 8.71. The molecular formula is C11H13N3O. The zero-order chi connectivity index (χ0) is 11.0. The van der Waals surface area contributed by atoms with E-state index in [4.69, 9.17) is 5.73 Å². The summed E-state index contributed by atoms with van der Waals surface area (Å²) < 4.78 is 1.65. The Morgan fingerprint density at radius 3 is 2.60 bits per heavy atom. The smallest absolute Gasteiger partial charge is 0.143 e. The van der Waals surface area contributed by atoms with Crippen LogP contribution in [0.3, 0.4) is 0 Å². The van der Waals surface area contributed by atoms with Crippen molar-refractivity contribution in [3.63, 3.8) is 0 Å². The molecule has 78 valence electrons. The third-order valence-corrected chi connectivity index (χ3v) is 2.27. The third kappa shape index (κ3) is 1.54. The average Bonchev–Trinajstić information content (AvgIpc) is 2.45. The predicted molar refractivity (Wildman–Crippen MR) is 59.1 cm³/mol. The van der Waals surface area contributed by atoms with Crippen molar-refractivity contribution in [1.82, 2.24) is 9.78 Å². The van der Waals surface area contributed by atoms with Gasteiger partial charge in [-0.1, -0.05) is 6.07 Å². The van der Waals surface area contributed by atoms with Crippen LogP contribution in [0, 0.1) is 13.8 Å². The summed E-state index contributed by atoms with van der Waals surface area (Å²) in [7, 11) is 0. The van der Waals surface area contributed by atoms with Crippen molar-refractivity contribution in [2.75, 3.05) is 5.73 Å². The highest BCUT2D eigenvalue weighted by atomic mass is 16.3. The lowest BCUT2D eigenvalue weighted by atomic mass is 10.2. The molecule has 4 heteroatoms. The number of hydrogen-bond donors (Lipinski definition) is 2. The second-order valence-corrected chi connectivity index (χ2v) is 3.55. The molecule has 1 heterocycles. The summed E-state index contributed by atoms with van der Waals surface area (Å²) in [5, 5.41) is 14.0. The lowest BCUT2D eigenvalue weighted by Crippen LogP contribution is -2.03. The summed E-state index contributed by atoms with van der Waals surface area (Å²) in [6, 6.07) is 6.99. The first kappa shape index (κ1) is 9.58. The number of phenolic OH excluding ortho intramolecular Hbond substituents is 1. The van der Waals surface area contributed by atoms with Crippen molar-refractivity contribution in [2.24, 2.45) is 0 Å². The van der Waals surface area contributed by atoms with Crippen molar-refractivity contribution in [2.45, 2.75) is 13.8 Å². The number of aryl methyl sites for hydroxylation is 2. The lowest BCUT2D eigenvalue weighted by Gasteiger charge is -2.09. The van der Waals surface area contributed by atoms with E-state index in [9.17, 15) is 5.11 Å². The van der Waals surface area contributed by atoms with Gasteiger partial charge in [-0.05, 0) is 32.0 Å². The normalized spacial score (nSPS) is 10.5. The van der Waals surface area contributed by atoms with Gasteiger partial charge in [-0.2, -0.15) is 5.10 Å². The van der Waals surface area contributed by atoms with Crippen molar-refractivity contribution < 1.29 is 5.11 Å². The summed E-state index contributed by atoms with van der Waals surface area (Å²) in [6.45, 7) is 3.82. The largest absolute Gasteiger partial charge is 0.506 e. The van der Waals surface area contributed by atoms with Gasteiger partial charge in [0.05, 0.1) is 11.4 Å². The Bertz CT molecular complexity index is 482. The number of aromatic nitrogens is 2. The first-order chi connectivity index (χ1) is 7.09. The molecule has 0 aliphatic rings. The second kappa shape index (κ2) is 3.31. The molecule has 1 aromatic heterocycles. The fraction of sp³-hybridized carbons (Fsp3) is 0.182. The van der Waals surface area contributed by atoms with Gasteiger partial charge in [0.2, 0.25) is 0 Å². The maximum atomic E-state index is 9.74. The molecule has 4 nitrogen and oxygen atoms in total. The first-order valence-corrected chi connectivity index (χ1v) is 4.70. The van der Waals surface area contributed by atoms with Gasteiger partial charge in [-0.3, -0.25) is 0 Å². The molecule has 0 bridgehead atoms. The van der Waals surface area contributed by atoms with Gasteiger partial charge in [0, 0.05) is 5.69 Å². The van der Waals surface area contributed by atoms with E-state index in [0.29, 0.717) is 11.4 Å². The minimum Gasteiger partial charge on any atom is -0.506 e. The van der Waals surface area contributed by atoms with Crippen molar-refractivity contribution >= 4 is 5.69 Å². The summed E-state index contributed by atoms with van der Waals surface area (Å²) in [6.07, 6.45) is 0. The van der Waals surface area contributed by atoms with Gasteiger partial charge in [0.25, 0.3) is 0 Å². The van der Waals surface area contributed by atoms with Crippen LogP contribution in [0.4, 0.5) is 5.69 Å². The number of hydrogen-bond acceptors (Lipinski definition) is 3. The standard InChI is InChI=1S/C11H13N3O/c1-7-6-8(2)14(13-7)11-9(12)4-3-5-10(11)15/h3-6,15H,12H2,1-2H3. The summed E-state index contributed by atoms with van der Waals surface area (Å²) in [4.78, 5) is 0. The number of nitrogens with two attached hydrogens (primary N) is 1. The molecule has 2 rings (SSSR count). The van der Waals surface area contributed by atoms with Gasteiger partial charge in [0.15, 0.2) is 0 Å². The molecule has 0 saturated carbocycles. The lowest BCUT2D eigenvalue weighted by molar-refractivity contribution is 0.470. The molecule has 0 amide bonds. The molecular weight excluding hydrogens is 190 g/mol. The molecule has 0 spiro atoms. The van der Waals surface area contributed by atoms with Crippen LogP contribution in [0.5, 0.6) is 5.75 Å². The Morgan fingerprint density at radius 2 is 2.07 bits per heavy atom. The minimum atomic E-state index is 0.140. The van der Waals surface area contributed by atoms with Gasteiger partial charge in [-0.25, -0.2) is 4.68 Å². The van der Waals surface area contributed by atoms with E-state index in [1.807, 2.05) is 19.9 Å². The predicted octanol–water partition coefficient (Wildman–Crippen LogP) is 1.78. The Morgan fingerprint density at radius 1 is 1.33 bits per heavy atom. The Labute approximate surface area is 88.0 Å². The fourth-order valence-corrected chi connectivity index (χ4v) is 1.63. The van der Waals surface area contributed by atoms with E-state index >= 15 is 0 Å².